The molecule has 0 aliphatic carbocycles. The average molecular weight is 221 g/mol. The summed E-state index contributed by atoms with van der Waals surface area (Å²) in [5, 5.41) is 0. The van der Waals surface area contributed by atoms with Gasteiger partial charge in [0.15, 0.2) is 0 Å². The summed E-state index contributed by atoms with van der Waals surface area (Å²) in [6.07, 6.45) is 4.26. The van der Waals surface area contributed by atoms with Crippen molar-refractivity contribution in [2.24, 2.45) is 0 Å². The molecule has 2 heterocycles. The van der Waals surface area contributed by atoms with E-state index in [2.05, 4.69) is 16.9 Å². The van der Waals surface area contributed by atoms with Gasteiger partial charge in [0.25, 0.3) is 0 Å². The van der Waals surface area contributed by atoms with E-state index in [9.17, 15) is 0 Å². The van der Waals surface area contributed by atoms with Gasteiger partial charge < -0.3 is 15.4 Å². The van der Waals surface area contributed by atoms with Crippen LogP contribution >= 0.6 is 0 Å². The number of pyridine rings is 1. The molecule has 0 radical (unpaired) electrons. The second-order valence-electron chi connectivity index (χ2n) is 4.44. The number of nitrogen functional groups attached to an aromatic ring is 1. The maximum absolute atomic E-state index is 5.87. The zero-order valence-electron chi connectivity index (χ0n) is 9.94. The maximum atomic E-state index is 5.87. The number of hydrogen-bond donors (Lipinski definition) is 1. The molecular formula is C12H19N3O. The van der Waals surface area contributed by atoms with Gasteiger partial charge in [0.2, 0.25) is 5.88 Å². The third-order valence-electron chi connectivity index (χ3n) is 3.28. The van der Waals surface area contributed by atoms with E-state index in [1.165, 1.54) is 18.4 Å². The highest BCUT2D eigenvalue weighted by atomic mass is 16.5. The van der Waals surface area contributed by atoms with Crippen LogP contribution in [0, 0.1) is 0 Å². The lowest BCUT2D eigenvalue weighted by Gasteiger charge is -2.29. The number of hydrogen-bond acceptors (Lipinski definition) is 4. The van der Waals surface area contributed by atoms with Crippen LogP contribution in [0.25, 0.3) is 0 Å². The number of aromatic nitrogens is 1. The third kappa shape index (κ3) is 2.27. The Labute approximate surface area is 96.4 Å². The topological polar surface area (TPSA) is 51.4 Å². The molecule has 1 saturated heterocycles. The lowest BCUT2D eigenvalue weighted by molar-refractivity contribution is 0.255. The minimum atomic E-state index is 0.525. The van der Waals surface area contributed by atoms with E-state index in [4.69, 9.17) is 10.5 Å². The lowest BCUT2D eigenvalue weighted by atomic mass is 9.90. The molecule has 16 heavy (non-hydrogen) atoms. The van der Waals surface area contributed by atoms with Crippen LogP contribution in [0.5, 0.6) is 5.88 Å². The standard InChI is InChI=1S/C12H19N3O/c1-15-5-3-9(4-6-15)10-7-11(13)12(16-2)14-8-10/h7-9H,3-6,13H2,1-2H3. The average Bonchev–Trinajstić information content (AvgIpc) is 2.30. The van der Waals surface area contributed by atoms with Crippen LogP contribution in [0.3, 0.4) is 0 Å². The number of piperidine rings is 1. The molecule has 2 N–H and O–H groups in total. The van der Waals surface area contributed by atoms with E-state index < -0.39 is 0 Å². The van der Waals surface area contributed by atoms with Gasteiger partial charge in [-0.3, -0.25) is 0 Å². The fourth-order valence-electron chi connectivity index (χ4n) is 2.22. The molecule has 0 amide bonds. The largest absolute Gasteiger partial charge is 0.480 e. The van der Waals surface area contributed by atoms with Crippen molar-refractivity contribution in [2.45, 2.75) is 18.8 Å². The Kier molecular flexibility index (Phi) is 3.29. The zero-order valence-corrected chi connectivity index (χ0v) is 9.94. The van der Waals surface area contributed by atoms with E-state index in [-0.39, 0.29) is 0 Å². The highest BCUT2D eigenvalue weighted by molar-refractivity contribution is 5.50. The van der Waals surface area contributed by atoms with Crippen molar-refractivity contribution in [3.05, 3.63) is 17.8 Å². The van der Waals surface area contributed by atoms with Crippen molar-refractivity contribution in [3.8, 4) is 5.88 Å². The van der Waals surface area contributed by atoms with Crippen molar-refractivity contribution in [3.63, 3.8) is 0 Å². The molecule has 4 nitrogen and oxygen atoms in total. The normalized spacial score (nSPS) is 18.6. The number of anilines is 1. The monoisotopic (exact) mass is 221 g/mol. The SMILES string of the molecule is COc1ncc(C2CCN(C)CC2)cc1N. The molecule has 1 aliphatic rings. The summed E-state index contributed by atoms with van der Waals surface area (Å²) in [5.41, 5.74) is 7.75. The Morgan fingerprint density at radius 2 is 2.12 bits per heavy atom. The molecule has 0 aromatic carbocycles. The highest BCUT2D eigenvalue weighted by Gasteiger charge is 2.19. The number of nitrogens with zero attached hydrogens (tertiary/aromatic N) is 2. The molecule has 0 unspecified atom stereocenters. The molecule has 1 aromatic heterocycles. The molecular weight excluding hydrogens is 202 g/mol. The van der Waals surface area contributed by atoms with Gasteiger partial charge in [-0.1, -0.05) is 0 Å². The maximum Gasteiger partial charge on any atom is 0.236 e. The number of rotatable bonds is 2. The number of ether oxygens (including phenoxy) is 1. The van der Waals surface area contributed by atoms with Crippen molar-refractivity contribution in [1.29, 1.82) is 0 Å². The second kappa shape index (κ2) is 4.70. The van der Waals surface area contributed by atoms with E-state index in [0.29, 0.717) is 17.5 Å². The Balaban J connectivity index is 2.12. The highest BCUT2D eigenvalue weighted by Crippen LogP contribution is 2.30. The van der Waals surface area contributed by atoms with Crippen LogP contribution in [-0.2, 0) is 0 Å². The van der Waals surface area contributed by atoms with Crippen LogP contribution in [0.4, 0.5) is 5.69 Å². The molecule has 0 spiro atoms. The Morgan fingerprint density at radius 3 is 2.69 bits per heavy atom. The van der Waals surface area contributed by atoms with Gasteiger partial charge in [-0.05, 0) is 50.5 Å². The van der Waals surface area contributed by atoms with Crippen molar-refractivity contribution in [2.75, 3.05) is 33.0 Å². The van der Waals surface area contributed by atoms with E-state index in [1.807, 2.05) is 12.3 Å². The first-order chi connectivity index (χ1) is 7.70. The van der Waals surface area contributed by atoms with Crippen LogP contribution in [-0.4, -0.2) is 37.1 Å². The zero-order chi connectivity index (χ0) is 11.5. The first kappa shape index (κ1) is 11.2. The van der Waals surface area contributed by atoms with Crippen LogP contribution in [0.1, 0.15) is 24.3 Å². The molecule has 1 fully saturated rings. The van der Waals surface area contributed by atoms with Crippen molar-refractivity contribution < 1.29 is 4.74 Å². The fourth-order valence-corrected chi connectivity index (χ4v) is 2.22. The Morgan fingerprint density at radius 1 is 1.44 bits per heavy atom. The van der Waals surface area contributed by atoms with Gasteiger partial charge in [-0.15, -0.1) is 0 Å². The van der Waals surface area contributed by atoms with E-state index >= 15 is 0 Å². The molecule has 2 rings (SSSR count). The molecule has 1 aliphatic heterocycles. The van der Waals surface area contributed by atoms with Crippen LogP contribution in [0.2, 0.25) is 0 Å². The van der Waals surface area contributed by atoms with Gasteiger partial charge in [0.05, 0.1) is 12.8 Å². The van der Waals surface area contributed by atoms with Crippen LogP contribution < -0.4 is 10.5 Å². The molecule has 0 saturated carbocycles. The summed E-state index contributed by atoms with van der Waals surface area (Å²) < 4.78 is 5.06. The summed E-state index contributed by atoms with van der Waals surface area (Å²) in [4.78, 5) is 6.59. The van der Waals surface area contributed by atoms with Crippen LogP contribution in [0.15, 0.2) is 12.3 Å². The number of likely N-dealkylation sites (tertiary alicyclic amines) is 1. The fraction of sp³-hybridized carbons (Fsp3) is 0.583. The summed E-state index contributed by atoms with van der Waals surface area (Å²) >= 11 is 0. The smallest absolute Gasteiger partial charge is 0.236 e. The van der Waals surface area contributed by atoms with Gasteiger partial charge in [-0.25, -0.2) is 4.98 Å². The summed E-state index contributed by atoms with van der Waals surface area (Å²) in [5.74, 6) is 1.12. The predicted molar refractivity (Wildman–Crippen MR) is 64.7 cm³/mol. The molecule has 4 heteroatoms. The molecule has 0 bridgehead atoms. The quantitative estimate of drug-likeness (QED) is 0.822. The van der Waals surface area contributed by atoms with E-state index in [0.717, 1.165) is 13.1 Å². The number of nitrogens with two attached hydrogens (primary N) is 1. The second-order valence-corrected chi connectivity index (χ2v) is 4.44. The van der Waals surface area contributed by atoms with Gasteiger partial charge >= 0.3 is 0 Å². The molecule has 0 atom stereocenters. The van der Waals surface area contributed by atoms with Gasteiger partial charge in [0.1, 0.15) is 0 Å². The van der Waals surface area contributed by atoms with Crippen molar-refractivity contribution >= 4 is 5.69 Å². The Hall–Kier alpha value is -1.29. The lowest BCUT2D eigenvalue weighted by Crippen LogP contribution is -2.29. The van der Waals surface area contributed by atoms with Gasteiger partial charge in [-0.2, -0.15) is 0 Å². The van der Waals surface area contributed by atoms with Gasteiger partial charge in [0, 0.05) is 6.20 Å². The third-order valence-corrected chi connectivity index (χ3v) is 3.28. The predicted octanol–water partition coefficient (Wildman–Crippen LogP) is 1.48. The summed E-state index contributed by atoms with van der Waals surface area (Å²) in [6, 6.07) is 2.00. The van der Waals surface area contributed by atoms with Crippen molar-refractivity contribution in [1.82, 2.24) is 9.88 Å². The first-order valence-electron chi connectivity index (χ1n) is 5.68. The summed E-state index contributed by atoms with van der Waals surface area (Å²) in [6.45, 7) is 2.30. The minimum absolute atomic E-state index is 0.525. The minimum Gasteiger partial charge on any atom is -0.480 e. The Bertz CT molecular complexity index is 359. The first-order valence-corrected chi connectivity index (χ1v) is 5.68. The molecule has 88 valence electrons. The summed E-state index contributed by atoms with van der Waals surface area (Å²) in [7, 11) is 3.75. The molecule has 1 aromatic rings. The van der Waals surface area contributed by atoms with E-state index in [1.54, 1.807) is 7.11 Å². The number of methoxy groups -OCH3 is 1.